The summed E-state index contributed by atoms with van der Waals surface area (Å²) in [6.07, 6.45) is 8.86. The first-order valence-electron chi connectivity index (χ1n) is 9.74. The van der Waals surface area contributed by atoms with E-state index < -0.39 is 0 Å². The number of hydrogen-bond acceptors (Lipinski definition) is 4. The van der Waals surface area contributed by atoms with Crippen LogP contribution in [0.1, 0.15) is 44.9 Å². The van der Waals surface area contributed by atoms with Crippen LogP contribution < -0.4 is 10.6 Å². The molecule has 2 rings (SSSR count). The second-order valence-electron chi connectivity index (χ2n) is 6.75. The number of nitrogens with zero attached hydrogens (tertiary/aromatic N) is 2. The predicted octanol–water partition coefficient (Wildman–Crippen LogP) is 1.61. The molecule has 6 nitrogen and oxygen atoms in total. The van der Waals surface area contributed by atoms with Gasteiger partial charge < -0.3 is 25.0 Å². The van der Waals surface area contributed by atoms with Crippen molar-refractivity contribution >= 4 is 5.96 Å². The molecule has 1 unspecified atom stereocenters. The highest BCUT2D eigenvalue weighted by Gasteiger charge is 2.14. The largest absolute Gasteiger partial charge is 0.379 e. The van der Waals surface area contributed by atoms with E-state index in [1.165, 1.54) is 51.7 Å². The number of ether oxygens (including phenoxy) is 2. The van der Waals surface area contributed by atoms with Gasteiger partial charge in [-0.1, -0.05) is 0 Å². The molecule has 0 amide bonds. The molecule has 2 fully saturated rings. The maximum absolute atomic E-state index is 5.66. The Kier molecular flexibility index (Phi) is 10.1. The van der Waals surface area contributed by atoms with Crippen LogP contribution in [0.5, 0.6) is 0 Å². The molecule has 0 saturated carbocycles. The third kappa shape index (κ3) is 8.31. The van der Waals surface area contributed by atoms with Crippen molar-refractivity contribution in [2.45, 2.75) is 51.0 Å². The van der Waals surface area contributed by atoms with Crippen LogP contribution in [0.2, 0.25) is 0 Å². The van der Waals surface area contributed by atoms with Crippen molar-refractivity contribution in [2.24, 2.45) is 4.99 Å². The lowest BCUT2D eigenvalue weighted by molar-refractivity contribution is 0.0168. The van der Waals surface area contributed by atoms with Gasteiger partial charge in [-0.2, -0.15) is 0 Å². The third-order valence-electron chi connectivity index (χ3n) is 4.70. The summed E-state index contributed by atoms with van der Waals surface area (Å²) < 4.78 is 11.2. The minimum absolute atomic E-state index is 0.327. The van der Waals surface area contributed by atoms with Gasteiger partial charge in [-0.25, -0.2) is 0 Å². The Morgan fingerprint density at radius 1 is 1.12 bits per heavy atom. The van der Waals surface area contributed by atoms with Crippen molar-refractivity contribution in [1.82, 2.24) is 15.5 Å². The Bertz CT molecular complexity index is 340. The van der Waals surface area contributed by atoms with Crippen molar-refractivity contribution in [3.63, 3.8) is 0 Å². The summed E-state index contributed by atoms with van der Waals surface area (Å²) in [5.74, 6) is 0.898. The molecule has 6 heteroatoms. The van der Waals surface area contributed by atoms with Gasteiger partial charge in [0.2, 0.25) is 0 Å². The molecule has 2 heterocycles. The molecule has 0 aliphatic carbocycles. The highest BCUT2D eigenvalue weighted by molar-refractivity contribution is 5.79. The standard InChI is InChI=1S/C18H36N4O2/c1-19-18(20-9-2-3-11-22-12-4-5-13-22)21-10-7-14-23-16-17-8-6-15-24-17/h17H,2-16H2,1H3,(H2,19,20,21). The van der Waals surface area contributed by atoms with E-state index in [9.17, 15) is 0 Å². The summed E-state index contributed by atoms with van der Waals surface area (Å²) in [5.41, 5.74) is 0. The lowest BCUT2D eigenvalue weighted by Crippen LogP contribution is -2.38. The van der Waals surface area contributed by atoms with E-state index in [0.717, 1.165) is 51.7 Å². The lowest BCUT2D eigenvalue weighted by Gasteiger charge is -2.15. The fourth-order valence-corrected chi connectivity index (χ4v) is 3.27. The van der Waals surface area contributed by atoms with Crippen molar-refractivity contribution < 1.29 is 9.47 Å². The first-order valence-corrected chi connectivity index (χ1v) is 9.74. The lowest BCUT2D eigenvalue weighted by atomic mass is 10.2. The average Bonchev–Trinajstić information content (AvgIpc) is 3.29. The van der Waals surface area contributed by atoms with Crippen molar-refractivity contribution in [2.75, 3.05) is 59.6 Å². The Hall–Kier alpha value is -0.850. The van der Waals surface area contributed by atoms with Crippen LogP contribution in [-0.4, -0.2) is 76.6 Å². The second kappa shape index (κ2) is 12.5. The fraction of sp³-hybridized carbons (Fsp3) is 0.944. The van der Waals surface area contributed by atoms with Gasteiger partial charge >= 0.3 is 0 Å². The predicted molar refractivity (Wildman–Crippen MR) is 98.7 cm³/mol. The first kappa shape index (κ1) is 19.5. The monoisotopic (exact) mass is 340 g/mol. The number of unbranched alkanes of at least 4 members (excludes halogenated alkanes) is 1. The zero-order valence-corrected chi connectivity index (χ0v) is 15.4. The normalized spacial score (nSPS) is 22.2. The van der Waals surface area contributed by atoms with Gasteiger partial charge in [0.25, 0.3) is 0 Å². The van der Waals surface area contributed by atoms with E-state index in [2.05, 4.69) is 20.5 Å². The molecule has 24 heavy (non-hydrogen) atoms. The molecule has 0 aromatic heterocycles. The van der Waals surface area contributed by atoms with Gasteiger partial charge in [-0.3, -0.25) is 4.99 Å². The van der Waals surface area contributed by atoms with E-state index in [-0.39, 0.29) is 0 Å². The quantitative estimate of drug-likeness (QED) is 0.340. The van der Waals surface area contributed by atoms with Gasteiger partial charge in [0, 0.05) is 33.4 Å². The summed E-state index contributed by atoms with van der Waals surface area (Å²) in [7, 11) is 1.83. The van der Waals surface area contributed by atoms with Gasteiger partial charge in [0.1, 0.15) is 0 Å². The first-order chi connectivity index (χ1) is 11.9. The highest BCUT2D eigenvalue weighted by atomic mass is 16.5. The van der Waals surface area contributed by atoms with Crippen LogP contribution >= 0.6 is 0 Å². The highest BCUT2D eigenvalue weighted by Crippen LogP contribution is 2.11. The van der Waals surface area contributed by atoms with Crippen LogP contribution in [-0.2, 0) is 9.47 Å². The smallest absolute Gasteiger partial charge is 0.190 e. The number of hydrogen-bond donors (Lipinski definition) is 2. The van der Waals surface area contributed by atoms with Crippen LogP contribution in [0.25, 0.3) is 0 Å². The van der Waals surface area contributed by atoms with Crippen molar-refractivity contribution in [3.05, 3.63) is 0 Å². The number of likely N-dealkylation sites (tertiary alicyclic amines) is 1. The number of guanidine groups is 1. The molecule has 2 aliphatic heterocycles. The van der Waals surface area contributed by atoms with Crippen LogP contribution in [0.3, 0.4) is 0 Å². The Balaban J connectivity index is 1.38. The summed E-state index contributed by atoms with van der Waals surface area (Å²) in [6, 6.07) is 0. The van der Waals surface area contributed by atoms with E-state index >= 15 is 0 Å². The van der Waals surface area contributed by atoms with Crippen molar-refractivity contribution in [1.29, 1.82) is 0 Å². The molecule has 0 aromatic rings. The third-order valence-corrected chi connectivity index (χ3v) is 4.70. The summed E-state index contributed by atoms with van der Waals surface area (Å²) in [6.45, 7) is 8.13. The van der Waals surface area contributed by atoms with Gasteiger partial charge in [0.05, 0.1) is 12.7 Å². The zero-order valence-electron chi connectivity index (χ0n) is 15.4. The topological polar surface area (TPSA) is 58.1 Å². The van der Waals surface area contributed by atoms with E-state index in [1.54, 1.807) is 0 Å². The molecule has 0 radical (unpaired) electrons. The number of rotatable bonds is 11. The fourth-order valence-electron chi connectivity index (χ4n) is 3.27. The van der Waals surface area contributed by atoms with Gasteiger partial charge in [0.15, 0.2) is 5.96 Å². The molecule has 1 atom stereocenters. The van der Waals surface area contributed by atoms with E-state index in [1.807, 2.05) is 7.05 Å². The maximum Gasteiger partial charge on any atom is 0.190 e. The van der Waals surface area contributed by atoms with Crippen LogP contribution in [0, 0.1) is 0 Å². The molecule has 2 saturated heterocycles. The summed E-state index contributed by atoms with van der Waals surface area (Å²) in [4.78, 5) is 6.84. The average molecular weight is 341 g/mol. The molecule has 0 aromatic carbocycles. The van der Waals surface area contributed by atoms with Crippen LogP contribution in [0.15, 0.2) is 4.99 Å². The molecular formula is C18H36N4O2. The molecule has 140 valence electrons. The molecule has 2 aliphatic rings. The van der Waals surface area contributed by atoms with Gasteiger partial charge in [-0.15, -0.1) is 0 Å². The molecule has 2 N–H and O–H groups in total. The summed E-state index contributed by atoms with van der Waals surface area (Å²) in [5, 5.41) is 6.74. The Morgan fingerprint density at radius 3 is 2.62 bits per heavy atom. The SMILES string of the molecule is CN=C(NCCCCN1CCCC1)NCCCOCC1CCCO1. The molecule has 0 spiro atoms. The maximum atomic E-state index is 5.66. The Labute approximate surface area is 147 Å². The number of nitrogens with one attached hydrogen (secondary N) is 2. The van der Waals surface area contributed by atoms with E-state index in [0.29, 0.717) is 6.10 Å². The molecule has 0 bridgehead atoms. The zero-order chi connectivity index (χ0) is 16.9. The molecular weight excluding hydrogens is 304 g/mol. The van der Waals surface area contributed by atoms with E-state index in [4.69, 9.17) is 9.47 Å². The minimum atomic E-state index is 0.327. The second-order valence-corrected chi connectivity index (χ2v) is 6.75. The van der Waals surface area contributed by atoms with Crippen LogP contribution in [0.4, 0.5) is 0 Å². The number of aliphatic imine (C=N–C) groups is 1. The summed E-state index contributed by atoms with van der Waals surface area (Å²) >= 11 is 0. The minimum Gasteiger partial charge on any atom is -0.379 e. The van der Waals surface area contributed by atoms with Crippen molar-refractivity contribution in [3.8, 4) is 0 Å². The Morgan fingerprint density at radius 2 is 1.92 bits per heavy atom. The van der Waals surface area contributed by atoms with Gasteiger partial charge in [-0.05, 0) is 64.6 Å².